The Balaban J connectivity index is 2.34. The maximum absolute atomic E-state index is 9.80. The van der Waals surface area contributed by atoms with E-state index in [0.717, 1.165) is 5.56 Å². The van der Waals surface area contributed by atoms with Crippen LogP contribution in [0.15, 0.2) is 46.0 Å². The van der Waals surface area contributed by atoms with Crippen LogP contribution < -0.4 is 0 Å². The average molecular weight is 308 g/mol. The van der Waals surface area contributed by atoms with Crippen LogP contribution >= 0.6 is 15.9 Å². The van der Waals surface area contributed by atoms with Gasteiger partial charge in [0, 0.05) is 5.56 Å². The minimum Gasteiger partial charge on any atom is -0.430 e. The first-order valence-electron chi connectivity index (χ1n) is 5.64. The van der Waals surface area contributed by atoms with E-state index in [2.05, 4.69) is 27.5 Å². The van der Waals surface area contributed by atoms with Crippen LogP contribution in [-0.4, -0.2) is 10.1 Å². The molecule has 0 spiro atoms. The molecule has 1 N–H and O–H groups in total. The van der Waals surface area contributed by atoms with Gasteiger partial charge in [0.1, 0.15) is 11.8 Å². The van der Waals surface area contributed by atoms with Crippen molar-refractivity contribution in [3.63, 3.8) is 0 Å². The molecule has 94 valence electrons. The van der Waals surface area contributed by atoms with Crippen molar-refractivity contribution in [3.8, 4) is 11.3 Å². The van der Waals surface area contributed by atoms with Crippen molar-refractivity contribution in [2.45, 2.75) is 19.4 Å². The second-order valence-corrected chi connectivity index (χ2v) is 4.80. The third-order valence-electron chi connectivity index (χ3n) is 2.60. The van der Waals surface area contributed by atoms with E-state index < -0.39 is 6.10 Å². The molecule has 0 bridgehead atoms. The molecule has 2 aromatic rings. The van der Waals surface area contributed by atoms with Gasteiger partial charge in [0.2, 0.25) is 5.89 Å². The topological polar surface area (TPSA) is 46.3 Å². The summed E-state index contributed by atoms with van der Waals surface area (Å²) >= 11 is 3.33. The predicted molar refractivity (Wildman–Crippen MR) is 74.1 cm³/mol. The Hall–Kier alpha value is -1.39. The van der Waals surface area contributed by atoms with Crippen LogP contribution in [0.2, 0.25) is 0 Å². The van der Waals surface area contributed by atoms with Gasteiger partial charge >= 0.3 is 0 Å². The molecule has 1 heterocycles. The third-order valence-corrected chi connectivity index (χ3v) is 3.14. The first-order chi connectivity index (χ1) is 8.61. The summed E-state index contributed by atoms with van der Waals surface area (Å²) in [6.07, 6.45) is 1.30. The van der Waals surface area contributed by atoms with Crippen LogP contribution in [0.4, 0.5) is 0 Å². The summed E-state index contributed by atoms with van der Waals surface area (Å²) in [7, 11) is 0. The first kappa shape index (κ1) is 13.1. The summed E-state index contributed by atoms with van der Waals surface area (Å²) in [5, 5.41) is 9.80. The van der Waals surface area contributed by atoms with Crippen LogP contribution in [0.5, 0.6) is 0 Å². The van der Waals surface area contributed by atoms with Crippen LogP contribution in [0.25, 0.3) is 11.3 Å². The minimum absolute atomic E-state index is 0.303. The number of nitrogens with zero attached hydrogens (tertiary/aromatic N) is 1. The SMILES string of the molecule is C=CCC(O)c1nc(-c2ccc(C)cc2)c(Br)o1. The molecule has 18 heavy (non-hydrogen) atoms. The zero-order valence-electron chi connectivity index (χ0n) is 10.1. The summed E-state index contributed by atoms with van der Waals surface area (Å²) in [6, 6.07) is 7.97. The predicted octanol–water partition coefficient (Wildman–Crippen LogP) is 4.02. The van der Waals surface area contributed by atoms with Crippen LogP contribution in [0, 0.1) is 6.92 Å². The molecule has 3 nitrogen and oxygen atoms in total. The van der Waals surface area contributed by atoms with Gasteiger partial charge < -0.3 is 9.52 Å². The number of benzene rings is 1. The average Bonchev–Trinajstić information content (AvgIpc) is 2.73. The number of aliphatic hydroxyl groups is 1. The van der Waals surface area contributed by atoms with Crippen molar-refractivity contribution in [3.05, 3.63) is 53.0 Å². The molecule has 0 aliphatic heterocycles. The molecule has 4 heteroatoms. The Bertz CT molecular complexity index is 545. The Morgan fingerprint density at radius 2 is 2.11 bits per heavy atom. The molecular formula is C14H14BrNO2. The number of hydrogen-bond acceptors (Lipinski definition) is 3. The van der Waals surface area contributed by atoms with Crippen molar-refractivity contribution in [2.24, 2.45) is 0 Å². The molecule has 0 saturated heterocycles. The highest BCUT2D eigenvalue weighted by Gasteiger charge is 2.17. The van der Waals surface area contributed by atoms with Crippen molar-refractivity contribution in [1.82, 2.24) is 4.98 Å². The molecule has 0 aliphatic rings. The van der Waals surface area contributed by atoms with Crippen molar-refractivity contribution in [2.75, 3.05) is 0 Å². The van der Waals surface area contributed by atoms with Crippen molar-refractivity contribution in [1.29, 1.82) is 0 Å². The van der Waals surface area contributed by atoms with E-state index in [1.807, 2.05) is 31.2 Å². The number of hydrogen-bond donors (Lipinski definition) is 1. The Labute approximate surface area is 114 Å². The monoisotopic (exact) mass is 307 g/mol. The van der Waals surface area contributed by atoms with Gasteiger partial charge in [0.05, 0.1) is 0 Å². The van der Waals surface area contributed by atoms with E-state index in [4.69, 9.17) is 4.42 Å². The highest BCUT2D eigenvalue weighted by atomic mass is 79.9. The molecule has 1 aromatic carbocycles. The lowest BCUT2D eigenvalue weighted by molar-refractivity contribution is 0.145. The Kier molecular flexibility index (Phi) is 3.99. The number of aryl methyl sites for hydroxylation is 1. The van der Waals surface area contributed by atoms with Gasteiger partial charge in [0.25, 0.3) is 0 Å². The lowest BCUT2D eigenvalue weighted by atomic mass is 10.1. The molecule has 1 atom stereocenters. The van der Waals surface area contributed by atoms with Crippen molar-refractivity contribution >= 4 is 15.9 Å². The van der Waals surface area contributed by atoms with E-state index in [9.17, 15) is 5.11 Å². The number of rotatable bonds is 4. The van der Waals surface area contributed by atoms with E-state index in [0.29, 0.717) is 22.7 Å². The Morgan fingerprint density at radius 3 is 2.72 bits per heavy atom. The first-order valence-corrected chi connectivity index (χ1v) is 6.43. The number of oxazole rings is 1. The molecule has 0 aliphatic carbocycles. The largest absolute Gasteiger partial charge is 0.430 e. The normalized spacial score (nSPS) is 12.4. The van der Waals surface area contributed by atoms with E-state index in [1.165, 1.54) is 5.56 Å². The standard InChI is InChI=1S/C14H14BrNO2/c1-3-4-11(17)14-16-12(13(15)18-14)10-7-5-9(2)6-8-10/h3,5-8,11,17H,1,4H2,2H3. The molecule has 0 amide bonds. The van der Waals surface area contributed by atoms with E-state index >= 15 is 0 Å². The van der Waals surface area contributed by atoms with Gasteiger partial charge in [-0.05, 0) is 29.3 Å². The quantitative estimate of drug-likeness (QED) is 0.868. The van der Waals surface area contributed by atoms with Crippen LogP contribution in [0.3, 0.4) is 0 Å². The highest BCUT2D eigenvalue weighted by Crippen LogP contribution is 2.31. The van der Waals surface area contributed by atoms with Gasteiger partial charge in [-0.1, -0.05) is 35.9 Å². The third kappa shape index (κ3) is 2.71. The molecule has 0 radical (unpaired) electrons. The zero-order valence-corrected chi connectivity index (χ0v) is 11.6. The molecule has 0 fully saturated rings. The fraction of sp³-hybridized carbons (Fsp3) is 0.214. The fourth-order valence-electron chi connectivity index (χ4n) is 1.61. The summed E-state index contributed by atoms with van der Waals surface area (Å²) in [5.74, 6) is 0.303. The summed E-state index contributed by atoms with van der Waals surface area (Å²) in [4.78, 5) is 4.32. The lowest BCUT2D eigenvalue weighted by Gasteiger charge is -2.00. The fourth-order valence-corrected chi connectivity index (χ4v) is 2.09. The minimum atomic E-state index is -0.752. The summed E-state index contributed by atoms with van der Waals surface area (Å²) in [6.45, 7) is 5.61. The maximum atomic E-state index is 9.80. The van der Waals surface area contributed by atoms with Crippen LogP contribution in [0.1, 0.15) is 24.0 Å². The number of halogens is 1. The van der Waals surface area contributed by atoms with E-state index in [1.54, 1.807) is 6.08 Å². The van der Waals surface area contributed by atoms with Gasteiger partial charge in [-0.3, -0.25) is 0 Å². The van der Waals surface area contributed by atoms with E-state index in [-0.39, 0.29) is 0 Å². The smallest absolute Gasteiger partial charge is 0.225 e. The number of aliphatic hydroxyl groups excluding tert-OH is 1. The van der Waals surface area contributed by atoms with Gasteiger partial charge in [-0.15, -0.1) is 6.58 Å². The molecule has 2 rings (SSSR count). The van der Waals surface area contributed by atoms with Crippen LogP contribution in [-0.2, 0) is 0 Å². The molecule has 1 unspecified atom stereocenters. The Morgan fingerprint density at radius 1 is 1.44 bits per heavy atom. The maximum Gasteiger partial charge on any atom is 0.225 e. The molecule has 0 saturated carbocycles. The lowest BCUT2D eigenvalue weighted by Crippen LogP contribution is -1.95. The number of aromatic nitrogens is 1. The van der Waals surface area contributed by atoms with Gasteiger partial charge in [0.15, 0.2) is 4.67 Å². The summed E-state index contributed by atoms with van der Waals surface area (Å²) < 4.78 is 5.95. The zero-order chi connectivity index (χ0) is 13.1. The highest BCUT2D eigenvalue weighted by molar-refractivity contribution is 9.10. The van der Waals surface area contributed by atoms with Crippen molar-refractivity contribution < 1.29 is 9.52 Å². The summed E-state index contributed by atoms with van der Waals surface area (Å²) in [5.41, 5.74) is 2.84. The molecule has 1 aromatic heterocycles. The van der Waals surface area contributed by atoms with Gasteiger partial charge in [-0.25, -0.2) is 4.98 Å². The molecular weight excluding hydrogens is 294 g/mol. The second kappa shape index (κ2) is 5.50. The van der Waals surface area contributed by atoms with Gasteiger partial charge in [-0.2, -0.15) is 0 Å². The second-order valence-electron chi connectivity index (χ2n) is 4.08.